The van der Waals surface area contributed by atoms with Crippen molar-refractivity contribution in [3.63, 3.8) is 0 Å². The summed E-state index contributed by atoms with van der Waals surface area (Å²) in [5.41, 5.74) is -2.34. The first kappa shape index (κ1) is 24.6. The third-order valence-corrected chi connectivity index (χ3v) is 7.39. The molecule has 6 N–H and O–H groups in total. The number of carbonyl (C=O) groups is 2. The molecule has 0 saturated carbocycles. The van der Waals surface area contributed by atoms with Crippen LogP contribution in [-0.4, -0.2) is 59.7 Å². The Bertz CT molecular complexity index is 846. The molecule has 11 nitrogen and oxygen atoms in total. The fourth-order valence-electron chi connectivity index (χ4n) is 2.64. The number of methoxy groups -OCH3 is 1. The van der Waals surface area contributed by atoms with Crippen LogP contribution >= 0.6 is 26.8 Å². The lowest BCUT2D eigenvalue weighted by Gasteiger charge is -2.32. The molecule has 0 heterocycles. The van der Waals surface area contributed by atoms with E-state index in [-0.39, 0.29) is 22.8 Å². The molecular formula is C14H19ClO11P2. The van der Waals surface area contributed by atoms with E-state index >= 15 is 0 Å². The van der Waals surface area contributed by atoms with E-state index in [0.29, 0.717) is 0 Å². The van der Waals surface area contributed by atoms with Gasteiger partial charge in [-0.1, -0.05) is 11.6 Å². The van der Waals surface area contributed by atoms with Crippen molar-refractivity contribution in [3.05, 3.63) is 28.8 Å². The number of carboxylic acids is 2. The molecule has 158 valence electrons. The fourth-order valence-corrected chi connectivity index (χ4v) is 4.89. The standard InChI is InChI=1S/C14H19ClO11P2/c1-26-10-3-2-9(15)6-8(10)4-5-14(13(18)19,28(23,24)25)7-11(12(16)17)27(20,21)22/h2-3,6,11H,4-5,7H2,1H3,(H,16,17)(H,18,19)(H2,20,21,22)(H2,23,24,25). The number of ether oxygens (including phenoxy) is 1. The molecule has 14 heteroatoms. The SMILES string of the molecule is COc1ccc(Cl)cc1CCC(CC(C(=O)O)P(=O)(O)O)(C(=O)O)P(=O)(O)O. The molecule has 1 rings (SSSR count). The second-order valence-electron chi connectivity index (χ2n) is 5.98. The first-order valence-corrected chi connectivity index (χ1v) is 11.2. The van der Waals surface area contributed by atoms with Crippen LogP contribution in [0.25, 0.3) is 0 Å². The third kappa shape index (κ3) is 5.55. The summed E-state index contributed by atoms with van der Waals surface area (Å²) in [4.78, 5) is 60.8. The number of aliphatic carboxylic acids is 2. The highest BCUT2D eigenvalue weighted by atomic mass is 35.5. The molecule has 0 aromatic heterocycles. The first-order valence-electron chi connectivity index (χ1n) is 7.55. The normalized spacial score (nSPS) is 15.5. The van der Waals surface area contributed by atoms with Crippen LogP contribution < -0.4 is 4.74 Å². The molecule has 2 unspecified atom stereocenters. The molecular weight excluding hydrogens is 442 g/mol. The lowest BCUT2D eigenvalue weighted by Crippen LogP contribution is -2.44. The maximum absolute atomic E-state index is 12.0. The lowest BCUT2D eigenvalue weighted by atomic mass is 9.93. The number of halogens is 1. The average Bonchev–Trinajstić information content (AvgIpc) is 2.52. The van der Waals surface area contributed by atoms with Crippen molar-refractivity contribution < 1.29 is 53.2 Å². The largest absolute Gasteiger partial charge is 0.496 e. The van der Waals surface area contributed by atoms with Gasteiger partial charge in [-0.3, -0.25) is 18.7 Å². The monoisotopic (exact) mass is 460 g/mol. The molecule has 0 aliphatic rings. The maximum Gasteiger partial charge on any atom is 0.342 e. The smallest absolute Gasteiger partial charge is 0.342 e. The highest BCUT2D eigenvalue weighted by Crippen LogP contribution is 2.59. The van der Waals surface area contributed by atoms with E-state index in [1.165, 1.54) is 25.3 Å². The summed E-state index contributed by atoms with van der Waals surface area (Å²) in [7, 11) is -9.69. The van der Waals surface area contributed by atoms with Gasteiger partial charge in [-0.05, 0) is 43.0 Å². The molecule has 1 aromatic rings. The lowest BCUT2D eigenvalue weighted by molar-refractivity contribution is -0.142. The Morgan fingerprint density at radius 1 is 1.18 bits per heavy atom. The van der Waals surface area contributed by atoms with Crippen LogP contribution in [0.3, 0.4) is 0 Å². The van der Waals surface area contributed by atoms with Gasteiger partial charge in [0.05, 0.1) is 7.11 Å². The van der Waals surface area contributed by atoms with Crippen LogP contribution in [0, 0.1) is 0 Å². The van der Waals surface area contributed by atoms with Gasteiger partial charge in [0.1, 0.15) is 5.75 Å². The Morgan fingerprint density at radius 3 is 2.14 bits per heavy atom. The van der Waals surface area contributed by atoms with Crippen LogP contribution in [0.1, 0.15) is 18.4 Å². The van der Waals surface area contributed by atoms with Crippen molar-refractivity contribution >= 4 is 38.7 Å². The van der Waals surface area contributed by atoms with E-state index in [1.54, 1.807) is 0 Å². The predicted octanol–water partition coefficient (Wildman–Crippen LogP) is 1.30. The van der Waals surface area contributed by atoms with Crippen LogP contribution in [0.4, 0.5) is 0 Å². The first-order chi connectivity index (χ1) is 12.7. The van der Waals surface area contributed by atoms with E-state index < -0.39 is 50.8 Å². The van der Waals surface area contributed by atoms with Crippen molar-refractivity contribution in [3.8, 4) is 5.75 Å². The van der Waals surface area contributed by atoms with E-state index in [1.807, 2.05) is 0 Å². The van der Waals surface area contributed by atoms with Crippen molar-refractivity contribution in [1.29, 1.82) is 0 Å². The van der Waals surface area contributed by atoms with Gasteiger partial charge in [-0.25, -0.2) is 0 Å². The van der Waals surface area contributed by atoms with E-state index in [4.69, 9.17) is 21.4 Å². The highest BCUT2D eigenvalue weighted by molar-refractivity contribution is 7.55. The van der Waals surface area contributed by atoms with Gasteiger partial charge >= 0.3 is 27.1 Å². The zero-order valence-electron chi connectivity index (χ0n) is 14.4. The number of benzene rings is 1. The van der Waals surface area contributed by atoms with Gasteiger partial charge in [0.15, 0.2) is 10.8 Å². The summed E-state index contributed by atoms with van der Waals surface area (Å²) in [6.45, 7) is 0. The number of hydrogen-bond donors (Lipinski definition) is 6. The second-order valence-corrected chi connectivity index (χ2v) is 10.2. The van der Waals surface area contributed by atoms with Crippen molar-refractivity contribution in [1.82, 2.24) is 0 Å². The number of aryl methyl sites for hydroxylation is 1. The van der Waals surface area contributed by atoms with Gasteiger partial charge in [0.25, 0.3) is 0 Å². The molecule has 28 heavy (non-hydrogen) atoms. The van der Waals surface area contributed by atoms with Gasteiger partial charge in [0.2, 0.25) is 0 Å². The van der Waals surface area contributed by atoms with Crippen molar-refractivity contribution in [2.75, 3.05) is 7.11 Å². The molecule has 1 aromatic carbocycles. The van der Waals surface area contributed by atoms with Crippen molar-refractivity contribution in [2.45, 2.75) is 30.1 Å². The van der Waals surface area contributed by atoms with Gasteiger partial charge in [-0.15, -0.1) is 0 Å². The van der Waals surface area contributed by atoms with E-state index in [2.05, 4.69) is 0 Å². The summed E-state index contributed by atoms with van der Waals surface area (Å²) in [6, 6.07) is 4.27. The molecule has 0 amide bonds. The van der Waals surface area contributed by atoms with Crippen LogP contribution in [-0.2, 0) is 25.1 Å². The molecule has 0 aliphatic carbocycles. The average molecular weight is 461 g/mol. The van der Waals surface area contributed by atoms with Crippen molar-refractivity contribution in [2.24, 2.45) is 0 Å². The summed E-state index contributed by atoms with van der Waals surface area (Å²) in [5, 5.41) is 15.7. The second kappa shape index (κ2) is 8.92. The zero-order chi connectivity index (χ0) is 21.9. The summed E-state index contributed by atoms with van der Waals surface area (Å²) in [6.07, 6.45) is -2.63. The zero-order valence-corrected chi connectivity index (χ0v) is 17.0. The minimum Gasteiger partial charge on any atom is -0.496 e. The number of carboxylic acid groups (broad SMARTS) is 2. The Hall–Kier alpha value is -1.45. The van der Waals surface area contributed by atoms with Crippen LogP contribution in [0.15, 0.2) is 18.2 Å². The minimum absolute atomic E-state index is 0.228. The van der Waals surface area contributed by atoms with Gasteiger partial charge in [-0.2, -0.15) is 0 Å². The van der Waals surface area contributed by atoms with E-state index in [0.717, 1.165) is 0 Å². The Balaban J connectivity index is 3.43. The Morgan fingerprint density at radius 2 is 1.75 bits per heavy atom. The third-order valence-electron chi connectivity index (χ3n) is 4.23. The summed E-state index contributed by atoms with van der Waals surface area (Å²) < 4.78 is 28.5. The fraction of sp³-hybridized carbons (Fsp3) is 0.429. The van der Waals surface area contributed by atoms with Crippen LogP contribution in [0.5, 0.6) is 5.75 Å². The number of rotatable bonds is 10. The molecule has 0 spiro atoms. The maximum atomic E-state index is 12.0. The molecule has 0 aliphatic heterocycles. The van der Waals surface area contributed by atoms with Gasteiger partial charge < -0.3 is 34.5 Å². The number of hydrogen-bond acceptors (Lipinski definition) is 5. The van der Waals surface area contributed by atoms with Gasteiger partial charge in [0, 0.05) is 5.02 Å². The summed E-state index contributed by atoms with van der Waals surface area (Å²) in [5.74, 6) is -3.92. The molecule has 2 atom stereocenters. The van der Waals surface area contributed by atoms with E-state index in [9.17, 15) is 43.4 Å². The molecule has 0 bridgehead atoms. The molecule has 0 fully saturated rings. The summed E-state index contributed by atoms with van der Waals surface area (Å²) >= 11 is 5.86. The molecule has 0 radical (unpaired) electrons. The highest BCUT2D eigenvalue weighted by Gasteiger charge is 2.58. The predicted molar refractivity (Wildman–Crippen MR) is 96.8 cm³/mol. The van der Waals surface area contributed by atoms with Crippen LogP contribution in [0.2, 0.25) is 5.02 Å². The Kier molecular flexibility index (Phi) is 7.83. The molecule has 0 saturated heterocycles. The topological polar surface area (TPSA) is 199 Å². The Labute approximate surface area is 164 Å². The minimum atomic E-state index is -5.58. The quantitative estimate of drug-likeness (QED) is 0.275.